The average Bonchev–Trinajstić information content (AvgIpc) is 2.52. The monoisotopic (exact) mass is 204 g/mol. The van der Waals surface area contributed by atoms with Crippen molar-refractivity contribution in [2.45, 2.75) is 6.42 Å². The number of imidazole rings is 1. The normalized spacial score (nSPS) is 11.5. The van der Waals surface area contributed by atoms with E-state index in [0.717, 1.165) is 0 Å². The Morgan fingerprint density at radius 2 is 2.38 bits per heavy atom. The fourth-order valence-electron chi connectivity index (χ4n) is 0.793. The molecule has 1 rings (SSSR count). The lowest BCUT2D eigenvalue weighted by Gasteiger charge is -2.03. The van der Waals surface area contributed by atoms with Gasteiger partial charge in [0.25, 0.3) is 0 Å². The van der Waals surface area contributed by atoms with Crippen LogP contribution in [-0.2, 0) is 10.0 Å². The van der Waals surface area contributed by atoms with Crippen LogP contribution in [0.2, 0.25) is 0 Å². The van der Waals surface area contributed by atoms with Crippen molar-refractivity contribution in [3.8, 4) is 0 Å². The second-order valence-electron chi connectivity index (χ2n) is 2.50. The van der Waals surface area contributed by atoms with Gasteiger partial charge in [-0.25, -0.2) is 13.4 Å². The van der Waals surface area contributed by atoms with Crippen molar-refractivity contribution in [2.75, 3.05) is 17.0 Å². The summed E-state index contributed by atoms with van der Waals surface area (Å²) in [6.07, 6.45) is 3.46. The van der Waals surface area contributed by atoms with E-state index in [9.17, 15) is 8.42 Å². The fraction of sp³-hybridized carbons (Fsp3) is 0.500. The Balaban J connectivity index is 2.53. The van der Waals surface area contributed by atoms with E-state index in [1.54, 1.807) is 6.20 Å². The molecular formula is C6H12N4O2S. The van der Waals surface area contributed by atoms with Gasteiger partial charge in [-0.2, -0.15) is 0 Å². The molecule has 0 aliphatic rings. The minimum Gasteiger partial charge on any atom is -0.330 e. The molecular weight excluding hydrogens is 192 g/mol. The van der Waals surface area contributed by atoms with Crippen molar-refractivity contribution < 1.29 is 8.42 Å². The fourth-order valence-corrected chi connectivity index (χ4v) is 1.85. The molecule has 0 fully saturated rings. The van der Waals surface area contributed by atoms with Gasteiger partial charge in [0.15, 0.2) is 0 Å². The third-order valence-corrected chi connectivity index (χ3v) is 2.70. The third-order valence-electron chi connectivity index (χ3n) is 1.37. The van der Waals surface area contributed by atoms with Crippen molar-refractivity contribution in [3.63, 3.8) is 0 Å². The number of anilines is 1. The molecule has 0 atom stereocenters. The number of hydrogen-bond donors (Lipinski definition) is 3. The molecule has 0 spiro atoms. The molecule has 0 aliphatic heterocycles. The summed E-state index contributed by atoms with van der Waals surface area (Å²) >= 11 is 0. The van der Waals surface area contributed by atoms with Crippen LogP contribution >= 0.6 is 0 Å². The van der Waals surface area contributed by atoms with E-state index < -0.39 is 10.0 Å². The van der Waals surface area contributed by atoms with Gasteiger partial charge in [-0.05, 0) is 13.0 Å². The maximum absolute atomic E-state index is 11.2. The largest absolute Gasteiger partial charge is 0.330 e. The van der Waals surface area contributed by atoms with Gasteiger partial charge >= 0.3 is 0 Å². The molecule has 13 heavy (non-hydrogen) atoms. The number of hydrogen-bond acceptors (Lipinski definition) is 4. The number of nitrogens with zero attached hydrogens (tertiary/aromatic N) is 1. The van der Waals surface area contributed by atoms with Gasteiger partial charge in [0.1, 0.15) is 0 Å². The molecule has 0 aliphatic carbocycles. The van der Waals surface area contributed by atoms with Gasteiger partial charge in [-0.15, -0.1) is 0 Å². The van der Waals surface area contributed by atoms with Crippen molar-refractivity contribution in [1.29, 1.82) is 0 Å². The molecule has 0 unspecified atom stereocenters. The van der Waals surface area contributed by atoms with Gasteiger partial charge < -0.3 is 10.7 Å². The van der Waals surface area contributed by atoms with Crippen LogP contribution in [-0.4, -0.2) is 30.7 Å². The van der Waals surface area contributed by atoms with Crippen LogP contribution in [0.15, 0.2) is 12.4 Å². The van der Waals surface area contributed by atoms with E-state index in [1.807, 2.05) is 0 Å². The first-order valence-corrected chi connectivity index (χ1v) is 5.49. The SMILES string of the molecule is NCCCS(=O)(=O)Nc1ncc[nH]1. The number of nitrogens with one attached hydrogen (secondary N) is 2. The summed E-state index contributed by atoms with van der Waals surface area (Å²) in [7, 11) is -3.29. The predicted molar refractivity (Wildman–Crippen MR) is 49.7 cm³/mol. The average molecular weight is 204 g/mol. The molecule has 7 heteroatoms. The van der Waals surface area contributed by atoms with Crippen molar-refractivity contribution in [2.24, 2.45) is 5.73 Å². The number of sulfonamides is 1. The van der Waals surface area contributed by atoms with Gasteiger partial charge in [0.2, 0.25) is 16.0 Å². The highest BCUT2D eigenvalue weighted by molar-refractivity contribution is 7.92. The second kappa shape index (κ2) is 4.24. The first-order chi connectivity index (χ1) is 6.14. The summed E-state index contributed by atoms with van der Waals surface area (Å²) in [5.41, 5.74) is 5.19. The zero-order valence-corrected chi connectivity index (χ0v) is 7.84. The van der Waals surface area contributed by atoms with E-state index in [2.05, 4.69) is 14.7 Å². The number of H-pyrrole nitrogens is 1. The Hall–Kier alpha value is -1.08. The maximum Gasteiger partial charge on any atom is 0.235 e. The Labute approximate surface area is 76.6 Å². The number of aromatic amines is 1. The molecule has 0 aromatic carbocycles. The van der Waals surface area contributed by atoms with Crippen LogP contribution in [0.3, 0.4) is 0 Å². The second-order valence-corrected chi connectivity index (χ2v) is 4.34. The van der Waals surface area contributed by atoms with Gasteiger partial charge in [-0.1, -0.05) is 0 Å². The summed E-state index contributed by atoms with van der Waals surface area (Å²) < 4.78 is 24.7. The first kappa shape index (κ1) is 10.0. The van der Waals surface area contributed by atoms with Crippen molar-refractivity contribution >= 4 is 16.0 Å². The van der Waals surface area contributed by atoms with E-state index in [-0.39, 0.29) is 11.7 Å². The van der Waals surface area contributed by atoms with Crippen LogP contribution in [0.5, 0.6) is 0 Å². The molecule has 74 valence electrons. The smallest absolute Gasteiger partial charge is 0.235 e. The van der Waals surface area contributed by atoms with Crippen molar-refractivity contribution in [1.82, 2.24) is 9.97 Å². The van der Waals surface area contributed by atoms with Crippen LogP contribution in [0.4, 0.5) is 5.95 Å². The zero-order chi connectivity index (χ0) is 9.73. The first-order valence-electron chi connectivity index (χ1n) is 3.84. The highest BCUT2D eigenvalue weighted by Crippen LogP contribution is 2.00. The van der Waals surface area contributed by atoms with Crippen molar-refractivity contribution in [3.05, 3.63) is 12.4 Å². The highest BCUT2D eigenvalue weighted by atomic mass is 32.2. The predicted octanol–water partition coefficient (Wildman–Crippen LogP) is -0.500. The van der Waals surface area contributed by atoms with E-state index >= 15 is 0 Å². The molecule has 1 aromatic rings. The molecule has 4 N–H and O–H groups in total. The molecule has 1 aromatic heterocycles. The molecule has 0 saturated heterocycles. The lowest BCUT2D eigenvalue weighted by Crippen LogP contribution is -2.19. The summed E-state index contributed by atoms with van der Waals surface area (Å²) in [5.74, 6) is 0.251. The summed E-state index contributed by atoms with van der Waals surface area (Å²) in [6, 6.07) is 0. The molecule has 0 saturated carbocycles. The van der Waals surface area contributed by atoms with Gasteiger partial charge in [0, 0.05) is 12.4 Å². The van der Waals surface area contributed by atoms with Crippen LogP contribution < -0.4 is 10.5 Å². The molecule has 1 heterocycles. The van der Waals surface area contributed by atoms with Crippen LogP contribution in [0, 0.1) is 0 Å². The van der Waals surface area contributed by atoms with Crippen LogP contribution in [0.1, 0.15) is 6.42 Å². The molecule has 6 nitrogen and oxygen atoms in total. The van der Waals surface area contributed by atoms with Crippen LogP contribution in [0.25, 0.3) is 0 Å². The number of nitrogens with two attached hydrogens (primary N) is 1. The lowest BCUT2D eigenvalue weighted by atomic mass is 10.5. The molecule has 0 bridgehead atoms. The summed E-state index contributed by atoms with van der Waals surface area (Å²) in [6.45, 7) is 0.360. The minimum atomic E-state index is -3.29. The molecule has 0 radical (unpaired) electrons. The van der Waals surface area contributed by atoms with Gasteiger partial charge in [0.05, 0.1) is 5.75 Å². The van der Waals surface area contributed by atoms with E-state index in [1.165, 1.54) is 6.20 Å². The number of rotatable bonds is 5. The minimum absolute atomic E-state index is 0.0181. The maximum atomic E-state index is 11.2. The zero-order valence-electron chi connectivity index (χ0n) is 7.03. The topological polar surface area (TPSA) is 101 Å². The van der Waals surface area contributed by atoms with E-state index in [4.69, 9.17) is 5.73 Å². The third kappa shape index (κ3) is 3.43. The Kier molecular flexibility index (Phi) is 3.26. The number of aromatic nitrogens is 2. The molecule has 0 amide bonds. The Morgan fingerprint density at radius 1 is 1.62 bits per heavy atom. The highest BCUT2D eigenvalue weighted by Gasteiger charge is 2.09. The van der Waals surface area contributed by atoms with Gasteiger partial charge in [-0.3, -0.25) is 4.72 Å². The standard InChI is InChI=1S/C6H12N4O2S/c7-2-1-5-13(11,12)10-6-8-3-4-9-6/h3-4H,1-2,5,7H2,(H2,8,9,10). The Morgan fingerprint density at radius 3 is 2.92 bits per heavy atom. The quantitative estimate of drug-likeness (QED) is 0.601. The van der Waals surface area contributed by atoms with E-state index in [0.29, 0.717) is 13.0 Å². The lowest BCUT2D eigenvalue weighted by molar-refractivity contribution is 0.598. The summed E-state index contributed by atoms with van der Waals surface area (Å²) in [4.78, 5) is 6.37. The Bertz CT molecular complexity index is 332. The summed E-state index contributed by atoms with van der Waals surface area (Å²) in [5, 5.41) is 0.